The fraction of sp³-hybridized carbons (Fsp3) is 0.391. The molecule has 0 fully saturated rings. The Hall–Kier alpha value is -2.82. The zero-order valence-electron chi connectivity index (χ0n) is 17.1. The molecule has 1 aliphatic rings. The van der Waals surface area contributed by atoms with Crippen molar-refractivity contribution in [2.45, 2.75) is 51.4 Å². The molecule has 0 unspecified atom stereocenters. The summed E-state index contributed by atoms with van der Waals surface area (Å²) in [5, 5.41) is 11.1. The van der Waals surface area contributed by atoms with E-state index in [9.17, 15) is 14.7 Å². The minimum atomic E-state index is -0.698. The molecule has 0 aromatic heterocycles. The van der Waals surface area contributed by atoms with Crippen molar-refractivity contribution >= 4 is 11.9 Å². The van der Waals surface area contributed by atoms with E-state index in [-0.39, 0.29) is 22.1 Å². The van der Waals surface area contributed by atoms with Gasteiger partial charge in [0.05, 0.1) is 18.2 Å². The zero-order chi connectivity index (χ0) is 20.9. The summed E-state index contributed by atoms with van der Waals surface area (Å²) in [6, 6.07) is 8.69. The van der Waals surface area contributed by atoms with Gasteiger partial charge in [0.1, 0.15) is 5.75 Å². The molecule has 2 aromatic rings. The van der Waals surface area contributed by atoms with Crippen LogP contribution in [0.4, 0.5) is 0 Å². The highest BCUT2D eigenvalue weighted by Crippen LogP contribution is 2.53. The van der Waals surface area contributed by atoms with E-state index in [0.29, 0.717) is 16.7 Å². The van der Waals surface area contributed by atoms with E-state index in [1.54, 1.807) is 30.3 Å². The normalized spacial score (nSPS) is 16.9. The number of primary amides is 1. The highest BCUT2D eigenvalue weighted by molar-refractivity contribution is 6.03. The van der Waals surface area contributed by atoms with E-state index in [4.69, 9.17) is 10.5 Å². The van der Waals surface area contributed by atoms with E-state index in [2.05, 4.69) is 27.7 Å². The number of hydrogen-bond donors (Lipinski definition) is 2. The van der Waals surface area contributed by atoms with Gasteiger partial charge in [0, 0.05) is 11.1 Å². The van der Waals surface area contributed by atoms with Gasteiger partial charge in [-0.25, -0.2) is 4.79 Å². The SMILES string of the molecule is COC(=O)c1ccccc1-c1c(O)c(C(N)=O)cc2c1C(C)(C)CCC2(C)C. The van der Waals surface area contributed by atoms with Crippen molar-refractivity contribution in [1.82, 2.24) is 0 Å². The van der Waals surface area contributed by atoms with Gasteiger partial charge in [-0.05, 0) is 46.9 Å². The Labute approximate surface area is 165 Å². The van der Waals surface area contributed by atoms with Gasteiger partial charge in [0.25, 0.3) is 5.91 Å². The molecule has 1 amide bonds. The maximum absolute atomic E-state index is 12.4. The number of carbonyl (C=O) groups is 2. The number of carbonyl (C=O) groups excluding carboxylic acids is 2. The van der Waals surface area contributed by atoms with Gasteiger partial charge in [-0.1, -0.05) is 45.9 Å². The second-order valence-electron chi connectivity index (χ2n) is 8.74. The summed E-state index contributed by atoms with van der Waals surface area (Å²) in [5.74, 6) is -1.38. The zero-order valence-corrected chi connectivity index (χ0v) is 17.1. The number of amides is 1. The summed E-state index contributed by atoms with van der Waals surface area (Å²) in [6.07, 6.45) is 1.85. The molecule has 0 atom stereocenters. The molecule has 3 rings (SSSR count). The molecule has 0 saturated heterocycles. The van der Waals surface area contributed by atoms with Gasteiger partial charge in [-0.3, -0.25) is 4.79 Å². The first kappa shape index (κ1) is 19.9. The first-order valence-corrected chi connectivity index (χ1v) is 9.39. The molecule has 2 aromatic carbocycles. The number of esters is 1. The summed E-state index contributed by atoms with van der Waals surface area (Å²) < 4.78 is 4.94. The third-order valence-corrected chi connectivity index (χ3v) is 5.95. The third kappa shape index (κ3) is 3.05. The van der Waals surface area contributed by atoms with E-state index in [1.807, 2.05) is 0 Å². The number of benzene rings is 2. The van der Waals surface area contributed by atoms with E-state index < -0.39 is 11.9 Å². The molecule has 5 nitrogen and oxygen atoms in total. The van der Waals surface area contributed by atoms with Crippen molar-refractivity contribution in [3.05, 3.63) is 52.6 Å². The molecule has 148 valence electrons. The average Bonchev–Trinajstić information content (AvgIpc) is 2.64. The number of aromatic hydroxyl groups is 1. The topological polar surface area (TPSA) is 89.6 Å². The number of rotatable bonds is 3. The van der Waals surface area contributed by atoms with Crippen molar-refractivity contribution in [2.24, 2.45) is 5.73 Å². The molecule has 3 N–H and O–H groups in total. The highest BCUT2D eigenvalue weighted by Gasteiger charge is 2.41. The number of nitrogens with two attached hydrogens (primary N) is 1. The maximum atomic E-state index is 12.4. The molecule has 0 radical (unpaired) electrons. The smallest absolute Gasteiger partial charge is 0.338 e. The molecule has 5 heteroatoms. The Bertz CT molecular complexity index is 973. The standard InChI is InChI=1S/C23H27NO4/c1-22(2)10-11-23(3,4)18-16(22)12-15(20(24)26)19(25)17(18)13-8-6-7-9-14(13)21(27)28-5/h6-9,12,25H,10-11H2,1-5H3,(H2,24,26). The Morgan fingerprint density at radius 3 is 2.25 bits per heavy atom. The summed E-state index contributed by atoms with van der Waals surface area (Å²) in [4.78, 5) is 24.5. The van der Waals surface area contributed by atoms with Gasteiger partial charge in [-0.15, -0.1) is 0 Å². The van der Waals surface area contributed by atoms with E-state index in [1.165, 1.54) is 7.11 Å². The van der Waals surface area contributed by atoms with Gasteiger partial charge in [0.15, 0.2) is 0 Å². The van der Waals surface area contributed by atoms with Crippen molar-refractivity contribution in [1.29, 1.82) is 0 Å². The molecule has 0 aliphatic heterocycles. The van der Waals surface area contributed by atoms with Crippen LogP contribution in [0.15, 0.2) is 30.3 Å². The monoisotopic (exact) mass is 381 g/mol. The number of phenols is 1. The van der Waals surface area contributed by atoms with Crippen LogP contribution in [0.3, 0.4) is 0 Å². The predicted molar refractivity (Wildman–Crippen MR) is 109 cm³/mol. The first-order valence-electron chi connectivity index (χ1n) is 9.39. The lowest BCUT2D eigenvalue weighted by Gasteiger charge is -2.43. The molecule has 0 heterocycles. The van der Waals surface area contributed by atoms with Crippen LogP contribution in [-0.2, 0) is 15.6 Å². The Morgan fingerprint density at radius 1 is 1.04 bits per heavy atom. The van der Waals surface area contributed by atoms with Crippen LogP contribution in [0, 0.1) is 0 Å². The summed E-state index contributed by atoms with van der Waals surface area (Å²) in [6.45, 7) is 8.49. The average molecular weight is 381 g/mol. The lowest BCUT2D eigenvalue weighted by molar-refractivity contribution is 0.0601. The molecule has 0 bridgehead atoms. The molecule has 28 heavy (non-hydrogen) atoms. The maximum Gasteiger partial charge on any atom is 0.338 e. The third-order valence-electron chi connectivity index (χ3n) is 5.95. The second kappa shape index (κ2) is 6.66. The largest absolute Gasteiger partial charge is 0.506 e. The van der Waals surface area contributed by atoms with Crippen LogP contribution in [-0.4, -0.2) is 24.1 Å². The van der Waals surface area contributed by atoms with Crippen molar-refractivity contribution < 1.29 is 19.4 Å². The Morgan fingerprint density at radius 2 is 1.64 bits per heavy atom. The van der Waals surface area contributed by atoms with Crippen LogP contribution >= 0.6 is 0 Å². The lowest BCUT2D eigenvalue weighted by atomic mass is 9.61. The van der Waals surface area contributed by atoms with Crippen molar-refractivity contribution in [3.63, 3.8) is 0 Å². The van der Waals surface area contributed by atoms with Gasteiger partial charge in [0.2, 0.25) is 0 Å². The second-order valence-corrected chi connectivity index (χ2v) is 8.74. The molecule has 1 aliphatic carbocycles. The fourth-order valence-electron chi connectivity index (χ4n) is 4.23. The van der Waals surface area contributed by atoms with Crippen molar-refractivity contribution in [2.75, 3.05) is 7.11 Å². The Balaban J connectivity index is 2.51. The molecule has 0 spiro atoms. The molecular weight excluding hydrogens is 354 g/mol. The van der Waals surface area contributed by atoms with Crippen molar-refractivity contribution in [3.8, 4) is 16.9 Å². The molecular formula is C23H27NO4. The number of ether oxygens (including phenoxy) is 1. The fourth-order valence-corrected chi connectivity index (χ4v) is 4.23. The van der Waals surface area contributed by atoms with Crippen LogP contribution in [0.2, 0.25) is 0 Å². The van der Waals surface area contributed by atoms with E-state index >= 15 is 0 Å². The quantitative estimate of drug-likeness (QED) is 0.776. The molecule has 0 saturated carbocycles. The van der Waals surface area contributed by atoms with Crippen LogP contribution in [0.25, 0.3) is 11.1 Å². The number of methoxy groups -OCH3 is 1. The van der Waals surface area contributed by atoms with Gasteiger partial charge >= 0.3 is 5.97 Å². The summed E-state index contributed by atoms with van der Waals surface area (Å²) in [7, 11) is 1.32. The number of hydrogen-bond acceptors (Lipinski definition) is 4. The highest BCUT2D eigenvalue weighted by atomic mass is 16.5. The Kier molecular flexibility index (Phi) is 4.74. The predicted octanol–water partition coefficient (Wildman–Crippen LogP) is 4.29. The van der Waals surface area contributed by atoms with Gasteiger partial charge in [-0.2, -0.15) is 0 Å². The lowest BCUT2D eigenvalue weighted by Crippen LogP contribution is -2.35. The van der Waals surface area contributed by atoms with Crippen LogP contribution in [0.5, 0.6) is 5.75 Å². The first-order chi connectivity index (χ1) is 13.0. The summed E-state index contributed by atoms with van der Waals surface area (Å²) >= 11 is 0. The summed E-state index contributed by atoms with van der Waals surface area (Å²) in [5.41, 5.74) is 8.49. The van der Waals surface area contributed by atoms with Gasteiger partial charge < -0.3 is 15.6 Å². The van der Waals surface area contributed by atoms with Crippen LogP contribution in [0.1, 0.15) is 72.4 Å². The minimum Gasteiger partial charge on any atom is -0.506 e. The minimum absolute atomic E-state index is 0.0687. The number of fused-ring (bicyclic) bond motifs is 1. The van der Waals surface area contributed by atoms with E-state index in [0.717, 1.165) is 24.0 Å². The van der Waals surface area contributed by atoms with Crippen LogP contribution < -0.4 is 5.73 Å².